The lowest BCUT2D eigenvalue weighted by Crippen LogP contribution is -2.36. The van der Waals surface area contributed by atoms with Crippen LogP contribution in [0.5, 0.6) is 0 Å². The molecule has 0 aromatic rings. The highest BCUT2D eigenvalue weighted by atomic mass is 16.5. The number of esters is 1. The third-order valence-electron chi connectivity index (χ3n) is 2.43. The van der Waals surface area contributed by atoms with Crippen molar-refractivity contribution in [1.29, 1.82) is 0 Å². The van der Waals surface area contributed by atoms with E-state index in [0.717, 1.165) is 25.9 Å². The Hall–Kier alpha value is -1.06. The van der Waals surface area contributed by atoms with E-state index in [9.17, 15) is 9.59 Å². The summed E-state index contributed by atoms with van der Waals surface area (Å²) >= 11 is 0. The Morgan fingerprint density at radius 1 is 1.36 bits per heavy atom. The third kappa shape index (κ3) is 2.47. The SMILES string of the molecule is CCOC(=O)C(C)C(=O)N1CCCC1. The van der Waals surface area contributed by atoms with Crippen molar-refractivity contribution < 1.29 is 14.3 Å². The van der Waals surface area contributed by atoms with Crippen LogP contribution in [0, 0.1) is 5.92 Å². The number of hydrogen-bond donors (Lipinski definition) is 0. The molecule has 4 heteroatoms. The molecule has 1 rings (SSSR count). The minimum atomic E-state index is -0.645. The summed E-state index contributed by atoms with van der Waals surface area (Å²) in [6.07, 6.45) is 2.09. The second-order valence-electron chi connectivity index (χ2n) is 3.51. The van der Waals surface area contributed by atoms with Crippen LogP contribution in [0.3, 0.4) is 0 Å². The molecule has 0 bridgehead atoms. The summed E-state index contributed by atoms with van der Waals surface area (Å²) in [5.74, 6) is -1.15. The van der Waals surface area contributed by atoms with Gasteiger partial charge < -0.3 is 9.64 Å². The first-order valence-corrected chi connectivity index (χ1v) is 5.12. The van der Waals surface area contributed by atoms with E-state index in [1.54, 1.807) is 18.7 Å². The normalized spacial score (nSPS) is 18.0. The predicted molar refractivity (Wildman–Crippen MR) is 51.6 cm³/mol. The number of nitrogens with zero attached hydrogens (tertiary/aromatic N) is 1. The van der Waals surface area contributed by atoms with Crippen molar-refractivity contribution in [3.8, 4) is 0 Å². The van der Waals surface area contributed by atoms with Crippen LogP contribution >= 0.6 is 0 Å². The quantitative estimate of drug-likeness (QED) is 0.499. The van der Waals surface area contributed by atoms with Crippen LogP contribution in [0.4, 0.5) is 0 Å². The molecule has 0 N–H and O–H groups in total. The highest BCUT2D eigenvalue weighted by molar-refractivity contribution is 5.97. The molecule has 1 unspecified atom stereocenters. The summed E-state index contributed by atoms with van der Waals surface area (Å²) in [6, 6.07) is 0. The number of ether oxygens (including phenoxy) is 1. The Morgan fingerprint density at radius 3 is 2.43 bits per heavy atom. The molecule has 1 atom stereocenters. The lowest BCUT2D eigenvalue weighted by Gasteiger charge is -2.18. The van der Waals surface area contributed by atoms with Gasteiger partial charge in [0.25, 0.3) is 0 Å². The van der Waals surface area contributed by atoms with Gasteiger partial charge in [-0.1, -0.05) is 0 Å². The van der Waals surface area contributed by atoms with Gasteiger partial charge in [-0.2, -0.15) is 0 Å². The number of hydrogen-bond acceptors (Lipinski definition) is 3. The van der Waals surface area contributed by atoms with Crippen molar-refractivity contribution in [3.63, 3.8) is 0 Å². The minimum absolute atomic E-state index is 0.0963. The van der Waals surface area contributed by atoms with Crippen LogP contribution in [-0.4, -0.2) is 36.5 Å². The summed E-state index contributed by atoms with van der Waals surface area (Å²) in [5, 5.41) is 0. The molecule has 1 heterocycles. The third-order valence-corrected chi connectivity index (χ3v) is 2.43. The number of carbonyl (C=O) groups excluding carboxylic acids is 2. The Balaban J connectivity index is 2.46. The molecule has 0 aliphatic carbocycles. The van der Waals surface area contributed by atoms with Gasteiger partial charge in [-0.25, -0.2) is 0 Å². The number of likely N-dealkylation sites (tertiary alicyclic amines) is 1. The monoisotopic (exact) mass is 199 g/mol. The molecule has 4 nitrogen and oxygen atoms in total. The molecule has 0 radical (unpaired) electrons. The number of carbonyl (C=O) groups is 2. The Morgan fingerprint density at radius 2 is 1.93 bits per heavy atom. The molecule has 1 fully saturated rings. The lowest BCUT2D eigenvalue weighted by molar-refractivity contribution is -0.154. The molecule has 1 aliphatic heterocycles. The van der Waals surface area contributed by atoms with Gasteiger partial charge in [0.1, 0.15) is 5.92 Å². The molecule has 0 saturated carbocycles. The maximum absolute atomic E-state index is 11.7. The maximum Gasteiger partial charge on any atom is 0.318 e. The average Bonchev–Trinajstić information content (AvgIpc) is 2.68. The smallest absolute Gasteiger partial charge is 0.318 e. The molecule has 0 aromatic carbocycles. The lowest BCUT2D eigenvalue weighted by atomic mass is 10.1. The van der Waals surface area contributed by atoms with Crippen molar-refractivity contribution in [3.05, 3.63) is 0 Å². The van der Waals surface area contributed by atoms with E-state index >= 15 is 0 Å². The summed E-state index contributed by atoms with van der Waals surface area (Å²) in [6.45, 7) is 5.24. The minimum Gasteiger partial charge on any atom is -0.465 e. The Bertz CT molecular complexity index is 221. The van der Waals surface area contributed by atoms with Crippen LogP contribution in [0.2, 0.25) is 0 Å². The van der Waals surface area contributed by atoms with Crippen LogP contribution in [0.25, 0.3) is 0 Å². The van der Waals surface area contributed by atoms with Crippen molar-refractivity contribution in [2.45, 2.75) is 26.7 Å². The topological polar surface area (TPSA) is 46.6 Å². The van der Waals surface area contributed by atoms with Crippen LogP contribution in [0.1, 0.15) is 26.7 Å². The molecular weight excluding hydrogens is 182 g/mol. The molecular formula is C10H17NO3. The predicted octanol–water partition coefficient (Wildman–Crippen LogP) is 0.808. The van der Waals surface area contributed by atoms with E-state index in [2.05, 4.69) is 0 Å². The second-order valence-corrected chi connectivity index (χ2v) is 3.51. The van der Waals surface area contributed by atoms with Crippen molar-refractivity contribution >= 4 is 11.9 Å². The zero-order valence-corrected chi connectivity index (χ0v) is 8.78. The fraction of sp³-hybridized carbons (Fsp3) is 0.800. The van der Waals surface area contributed by atoms with Gasteiger partial charge in [-0.3, -0.25) is 9.59 Å². The first-order valence-electron chi connectivity index (χ1n) is 5.12. The van der Waals surface area contributed by atoms with E-state index in [1.807, 2.05) is 0 Å². The van der Waals surface area contributed by atoms with E-state index < -0.39 is 11.9 Å². The Labute approximate surface area is 84.2 Å². The number of amides is 1. The van der Waals surface area contributed by atoms with Gasteiger partial charge in [0.05, 0.1) is 6.61 Å². The van der Waals surface area contributed by atoms with Crippen molar-refractivity contribution in [2.75, 3.05) is 19.7 Å². The summed E-state index contributed by atoms with van der Waals surface area (Å²) < 4.78 is 4.80. The average molecular weight is 199 g/mol. The molecule has 14 heavy (non-hydrogen) atoms. The van der Waals surface area contributed by atoms with Crippen LogP contribution in [0.15, 0.2) is 0 Å². The zero-order chi connectivity index (χ0) is 10.6. The van der Waals surface area contributed by atoms with Gasteiger partial charge in [-0.15, -0.1) is 0 Å². The summed E-state index contributed by atoms with van der Waals surface area (Å²) in [4.78, 5) is 24.7. The fourth-order valence-electron chi connectivity index (χ4n) is 1.58. The van der Waals surface area contributed by atoms with Gasteiger partial charge in [0, 0.05) is 13.1 Å². The van der Waals surface area contributed by atoms with Gasteiger partial charge in [0.2, 0.25) is 5.91 Å². The van der Waals surface area contributed by atoms with E-state index in [4.69, 9.17) is 4.74 Å². The first kappa shape index (κ1) is 11.0. The van der Waals surface area contributed by atoms with Crippen LogP contribution in [-0.2, 0) is 14.3 Å². The van der Waals surface area contributed by atoms with Gasteiger partial charge in [-0.05, 0) is 26.7 Å². The highest BCUT2D eigenvalue weighted by Crippen LogP contribution is 2.12. The maximum atomic E-state index is 11.7. The first-order chi connectivity index (χ1) is 6.66. The molecule has 1 amide bonds. The number of rotatable bonds is 3. The summed E-state index contributed by atoms with van der Waals surface area (Å²) in [5.41, 5.74) is 0. The van der Waals surface area contributed by atoms with Crippen molar-refractivity contribution in [2.24, 2.45) is 5.92 Å². The standard InChI is InChI=1S/C10H17NO3/c1-3-14-10(13)8(2)9(12)11-6-4-5-7-11/h8H,3-7H2,1-2H3. The van der Waals surface area contributed by atoms with Crippen LogP contribution < -0.4 is 0 Å². The molecule has 0 aromatic heterocycles. The van der Waals surface area contributed by atoms with E-state index in [0.29, 0.717) is 6.61 Å². The molecule has 80 valence electrons. The molecule has 1 saturated heterocycles. The Kier molecular flexibility index (Phi) is 3.92. The molecule has 1 aliphatic rings. The van der Waals surface area contributed by atoms with Gasteiger partial charge in [0.15, 0.2) is 0 Å². The zero-order valence-electron chi connectivity index (χ0n) is 8.78. The second kappa shape index (κ2) is 4.98. The fourth-order valence-corrected chi connectivity index (χ4v) is 1.58. The van der Waals surface area contributed by atoms with Gasteiger partial charge >= 0.3 is 5.97 Å². The molecule has 0 spiro atoms. The largest absolute Gasteiger partial charge is 0.465 e. The highest BCUT2D eigenvalue weighted by Gasteiger charge is 2.28. The van der Waals surface area contributed by atoms with Crippen molar-refractivity contribution in [1.82, 2.24) is 4.90 Å². The van der Waals surface area contributed by atoms with E-state index in [-0.39, 0.29) is 5.91 Å². The summed E-state index contributed by atoms with van der Waals surface area (Å²) in [7, 11) is 0. The van der Waals surface area contributed by atoms with E-state index in [1.165, 1.54) is 0 Å².